The summed E-state index contributed by atoms with van der Waals surface area (Å²) in [6, 6.07) is 2.26. The maximum Gasteiger partial charge on any atom is 0.265 e. The molecule has 98 valence electrons. The van der Waals surface area contributed by atoms with E-state index in [-0.39, 0.29) is 25.0 Å². The molecule has 2 heterocycles. The summed E-state index contributed by atoms with van der Waals surface area (Å²) < 4.78 is 0.997. The quantitative estimate of drug-likeness (QED) is 0.676. The van der Waals surface area contributed by atoms with Crippen molar-refractivity contribution in [2.24, 2.45) is 5.92 Å². The van der Waals surface area contributed by atoms with Crippen LogP contribution in [0.1, 0.15) is 6.42 Å². The minimum absolute atomic E-state index is 0.0614. The largest absolute Gasteiger partial charge is 0.396 e. The first-order valence-electron chi connectivity index (χ1n) is 5.79. The maximum absolute atomic E-state index is 11.9. The van der Waals surface area contributed by atoms with Crippen LogP contribution in [-0.2, 0) is 11.3 Å². The highest BCUT2D eigenvalue weighted by molar-refractivity contribution is 5.76. The highest BCUT2D eigenvalue weighted by Gasteiger charge is 2.25. The first kappa shape index (κ1) is 12.6. The van der Waals surface area contributed by atoms with E-state index in [2.05, 4.69) is 5.10 Å². The van der Waals surface area contributed by atoms with Crippen LogP contribution >= 0.6 is 0 Å². The monoisotopic (exact) mass is 253 g/mol. The van der Waals surface area contributed by atoms with Crippen molar-refractivity contribution in [3.8, 4) is 0 Å². The van der Waals surface area contributed by atoms with Crippen LogP contribution in [0, 0.1) is 5.92 Å². The summed E-state index contributed by atoms with van der Waals surface area (Å²) in [5.74, 6) is -0.115. The molecular formula is C11H15N3O4. The Balaban J connectivity index is 2.06. The molecule has 0 aromatic carbocycles. The SMILES string of the molecule is O=C(Cn1[nH]c(=O)ccc1=O)N1CCC(CO)C1. The number of aliphatic hydroxyl groups is 1. The molecule has 1 unspecified atom stereocenters. The summed E-state index contributed by atoms with van der Waals surface area (Å²) in [7, 11) is 0. The smallest absolute Gasteiger partial charge is 0.265 e. The Bertz CT molecular complexity index is 548. The van der Waals surface area contributed by atoms with Crippen molar-refractivity contribution in [3.63, 3.8) is 0 Å². The molecule has 0 saturated carbocycles. The van der Waals surface area contributed by atoms with E-state index in [1.165, 1.54) is 0 Å². The summed E-state index contributed by atoms with van der Waals surface area (Å²) in [5, 5.41) is 11.3. The number of aromatic amines is 1. The third-order valence-electron chi connectivity index (χ3n) is 3.08. The van der Waals surface area contributed by atoms with Crippen LogP contribution in [0.15, 0.2) is 21.7 Å². The summed E-state index contributed by atoms with van der Waals surface area (Å²) in [6.45, 7) is 0.968. The second-order valence-electron chi connectivity index (χ2n) is 4.41. The number of rotatable bonds is 3. The zero-order valence-corrected chi connectivity index (χ0v) is 9.83. The van der Waals surface area contributed by atoms with Gasteiger partial charge in [0.25, 0.3) is 11.1 Å². The minimum Gasteiger partial charge on any atom is -0.396 e. The molecule has 0 aliphatic carbocycles. The summed E-state index contributed by atoms with van der Waals surface area (Å²) in [6.07, 6.45) is 0.766. The van der Waals surface area contributed by atoms with Gasteiger partial charge in [-0.1, -0.05) is 0 Å². The van der Waals surface area contributed by atoms with Crippen molar-refractivity contribution in [2.45, 2.75) is 13.0 Å². The number of carbonyl (C=O) groups is 1. The molecule has 2 N–H and O–H groups in total. The van der Waals surface area contributed by atoms with Gasteiger partial charge in [0.2, 0.25) is 5.91 Å². The molecule has 1 fully saturated rings. The molecular weight excluding hydrogens is 238 g/mol. The molecule has 0 radical (unpaired) electrons. The van der Waals surface area contributed by atoms with Gasteiger partial charge in [0, 0.05) is 37.7 Å². The lowest BCUT2D eigenvalue weighted by Crippen LogP contribution is -2.37. The third-order valence-corrected chi connectivity index (χ3v) is 3.08. The number of H-pyrrole nitrogens is 1. The molecule has 18 heavy (non-hydrogen) atoms. The van der Waals surface area contributed by atoms with Crippen molar-refractivity contribution >= 4 is 5.91 Å². The van der Waals surface area contributed by atoms with E-state index in [4.69, 9.17) is 5.11 Å². The standard InChI is InChI=1S/C11H15N3O4/c15-7-8-3-4-13(5-8)11(18)6-14-10(17)2-1-9(16)12-14/h1-2,8,15H,3-7H2,(H,12,16). The van der Waals surface area contributed by atoms with Gasteiger partial charge in [-0.3, -0.25) is 19.5 Å². The summed E-state index contributed by atoms with van der Waals surface area (Å²) in [4.78, 5) is 36.0. The maximum atomic E-state index is 11.9. The van der Waals surface area contributed by atoms with Crippen molar-refractivity contribution in [1.82, 2.24) is 14.7 Å². The van der Waals surface area contributed by atoms with Crippen molar-refractivity contribution < 1.29 is 9.90 Å². The second-order valence-corrected chi connectivity index (χ2v) is 4.41. The van der Waals surface area contributed by atoms with Gasteiger partial charge in [0.1, 0.15) is 6.54 Å². The Morgan fingerprint density at radius 2 is 2.22 bits per heavy atom. The zero-order valence-electron chi connectivity index (χ0n) is 9.83. The molecule has 2 rings (SSSR count). The molecule has 1 aromatic heterocycles. The number of likely N-dealkylation sites (tertiary alicyclic amines) is 1. The average molecular weight is 253 g/mol. The highest BCUT2D eigenvalue weighted by Crippen LogP contribution is 2.15. The van der Waals surface area contributed by atoms with Gasteiger partial charge >= 0.3 is 0 Å². The van der Waals surface area contributed by atoms with Crippen LogP contribution in [-0.4, -0.2) is 45.4 Å². The first-order valence-corrected chi connectivity index (χ1v) is 5.79. The Hall–Kier alpha value is -1.89. The molecule has 1 atom stereocenters. The first-order chi connectivity index (χ1) is 8.60. The summed E-state index contributed by atoms with van der Waals surface area (Å²) >= 11 is 0. The topological polar surface area (TPSA) is 95.4 Å². The van der Waals surface area contributed by atoms with Crippen molar-refractivity contribution in [1.29, 1.82) is 0 Å². The fraction of sp³-hybridized carbons (Fsp3) is 0.545. The van der Waals surface area contributed by atoms with Crippen LogP contribution in [0.4, 0.5) is 0 Å². The molecule has 1 saturated heterocycles. The van der Waals surface area contributed by atoms with Gasteiger partial charge in [-0.25, -0.2) is 4.68 Å². The van der Waals surface area contributed by atoms with Gasteiger partial charge in [-0.2, -0.15) is 0 Å². The molecule has 1 aliphatic rings. The Morgan fingerprint density at radius 1 is 1.44 bits per heavy atom. The molecule has 1 aromatic rings. The van der Waals surface area contributed by atoms with E-state index in [9.17, 15) is 14.4 Å². The van der Waals surface area contributed by atoms with E-state index < -0.39 is 11.1 Å². The lowest BCUT2D eigenvalue weighted by atomic mass is 10.1. The van der Waals surface area contributed by atoms with Crippen LogP contribution in [0.2, 0.25) is 0 Å². The number of hydrogen-bond donors (Lipinski definition) is 2. The third kappa shape index (κ3) is 2.67. The molecule has 7 nitrogen and oxygen atoms in total. The van der Waals surface area contributed by atoms with Crippen molar-refractivity contribution in [3.05, 3.63) is 32.8 Å². The Labute approximate surface area is 103 Å². The number of aliphatic hydroxyl groups excluding tert-OH is 1. The van der Waals surface area contributed by atoms with Gasteiger partial charge in [-0.05, 0) is 6.42 Å². The fourth-order valence-corrected chi connectivity index (χ4v) is 2.02. The number of aromatic nitrogens is 2. The minimum atomic E-state index is -0.419. The van der Waals surface area contributed by atoms with Crippen LogP contribution in [0.5, 0.6) is 0 Å². The lowest BCUT2D eigenvalue weighted by molar-refractivity contribution is -0.131. The number of carbonyl (C=O) groups excluding carboxylic acids is 1. The number of nitrogens with one attached hydrogen (secondary N) is 1. The van der Waals surface area contributed by atoms with Gasteiger partial charge in [0.05, 0.1) is 0 Å². The van der Waals surface area contributed by atoms with E-state index >= 15 is 0 Å². The average Bonchev–Trinajstić information content (AvgIpc) is 2.82. The predicted octanol–water partition coefficient (Wildman–Crippen LogP) is -1.62. The predicted molar refractivity (Wildman–Crippen MR) is 63.1 cm³/mol. The van der Waals surface area contributed by atoms with E-state index in [1.807, 2.05) is 0 Å². The van der Waals surface area contributed by atoms with Gasteiger partial charge in [-0.15, -0.1) is 0 Å². The van der Waals surface area contributed by atoms with Crippen LogP contribution in [0.25, 0.3) is 0 Å². The van der Waals surface area contributed by atoms with E-state index in [0.717, 1.165) is 23.2 Å². The second kappa shape index (κ2) is 5.18. The number of hydrogen-bond acceptors (Lipinski definition) is 4. The van der Waals surface area contributed by atoms with Crippen LogP contribution < -0.4 is 11.1 Å². The van der Waals surface area contributed by atoms with E-state index in [1.54, 1.807) is 4.90 Å². The highest BCUT2D eigenvalue weighted by atomic mass is 16.3. The lowest BCUT2D eigenvalue weighted by Gasteiger charge is -2.16. The normalized spacial score (nSPS) is 19.2. The summed E-state index contributed by atoms with van der Waals surface area (Å²) in [5.41, 5.74) is -0.835. The number of nitrogens with zero attached hydrogens (tertiary/aromatic N) is 2. The fourth-order valence-electron chi connectivity index (χ4n) is 2.02. The van der Waals surface area contributed by atoms with E-state index in [0.29, 0.717) is 13.1 Å². The van der Waals surface area contributed by atoms with Crippen LogP contribution in [0.3, 0.4) is 0 Å². The van der Waals surface area contributed by atoms with Gasteiger partial charge < -0.3 is 10.0 Å². The molecule has 1 aliphatic heterocycles. The Kier molecular flexibility index (Phi) is 3.61. The molecule has 1 amide bonds. The molecule has 0 spiro atoms. The van der Waals surface area contributed by atoms with Gasteiger partial charge in [0.15, 0.2) is 0 Å². The number of amides is 1. The molecule has 7 heteroatoms. The van der Waals surface area contributed by atoms with Crippen molar-refractivity contribution in [2.75, 3.05) is 19.7 Å². The zero-order chi connectivity index (χ0) is 13.1. The Morgan fingerprint density at radius 3 is 2.89 bits per heavy atom. The molecule has 0 bridgehead atoms.